The van der Waals surface area contributed by atoms with Gasteiger partial charge >= 0.3 is 0 Å². The van der Waals surface area contributed by atoms with Gasteiger partial charge in [0.15, 0.2) is 0 Å². The molecule has 0 rings (SSSR count). The Hall–Kier alpha value is -0.650. The molecule has 0 aliphatic carbocycles. The normalized spacial score (nSPS) is 11.8. The highest BCUT2D eigenvalue weighted by molar-refractivity contribution is 5.42. The number of nitrogens with zero attached hydrogens (tertiary/aromatic N) is 1. The molecule has 0 saturated heterocycles. The number of carbonyl (C=O) groups excluding carboxylic acids is 1. The minimum absolute atomic E-state index is 0.250. The van der Waals surface area contributed by atoms with E-state index in [4.69, 9.17) is 10.5 Å². The van der Waals surface area contributed by atoms with Gasteiger partial charge in [-0.1, -0.05) is 0 Å². The predicted octanol–water partition coefficient (Wildman–Crippen LogP) is -1.41. The first-order valence-corrected chi connectivity index (χ1v) is 4.32. The van der Waals surface area contributed by atoms with Crippen LogP contribution in [0.3, 0.4) is 0 Å². The Labute approximate surface area is 80.5 Å². The zero-order valence-corrected chi connectivity index (χ0v) is 8.79. The summed E-state index contributed by atoms with van der Waals surface area (Å²) in [6.45, 7) is 4.84. The zero-order chi connectivity index (χ0) is 10.7. The molecule has 1 amide bonds. The molecule has 0 saturated carbocycles. The van der Waals surface area contributed by atoms with Crippen LogP contribution in [0.5, 0.6) is 0 Å². The summed E-state index contributed by atoms with van der Waals surface area (Å²) in [6.07, 6.45) is 0.250. The van der Waals surface area contributed by atoms with Crippen molar-refractivity contribution < 1.29 is 4.79 Å². The molecular weight excluding hydrogens is 168 g/mol. The monoisotopic (exact) mass is 190 g/mol. The van der Waals surface area contributed by atoms with E-state index in [-0.39, 0.29) is 6.41 Å². The van der Waals surface area contributed by atoms with E-state index in [1.165, 1.54) is 0 Å². The number of hydrogen-bond acceptors (Lipinski definition) is 4. The molecule has 80 valence electrons. The Morgan fingerprint density at radius 2 is 2.00 bits per heavy atom. The highest BCUT2D eigenvalue weighted by Gasteiger charge is 2.01. The molecule has 0 aliphatic heterocycles. The van der Waals surface area contributed by atoms with Crippen LogP contribution < -0.4 is 16.8 Å². The molecule has 0 bridgehead atoms. The minimum atomic E-state index is 0.250. The second-order valence-electron chi connectivity index (χ2n) is 2.94. The van der Waals surface area contributed by atoms with Crippen LogP contribution >= 0.6 is 0 Å². The van der Waals surface area contributed by atoms with Crippen LogP contribution in [0.1, 0.15) is 6.92 Å². The third kappa shape index (κ3) is 14.2. The Morgan fingerprint density at radius 3 is 2.31 bits per heavy atom. The fraction of sp³-hybridized carbons (Fsp3) is 0.875. The number of carbonyl (C=O) groups is 1. The maximum atomic E-state index is 8.58. The van der Waals surface area contributed by atoms with Crippen molar-refractivity contribution in [2.75, 3.05) is 33.7 Å². The smallest absolute Gasteiger partial charge is 0.204 e. The lowest BCUT2D eigenvalue weighted by molar-refractivity contribution is -0.106. The highest BCUT2D eigenvalue weighted by Crippen LogP contribution is 1.86. The van der Waals surface area contributed by atoms with E-state index in [0.717, 1.165) is 19.6 Å². The van der Waals surface area contributed by atoms with E-state index in [9.17, 15) is 0 Å². The summed E-state index contributed by atoms with van der Waals surface area (Å²) in [7, 11) is 4.16. The molecule has 0 fully saturated rings. The molecule has 0 aromatic carbocycles. The summed E-state index contributed by atoms with van der Waals surface area (Å²) in [4.78, 5) is 10.8. The first-order valence-electron chi connectivity index (χ1n) is 4.32. The maximum absolute atomic E-state index is 8.58. The molecule has 5 heteroatoms. The first-order chi connectivity index (χ1) is 6.09. The summed E-state index contributed by atoms with van der Waals surface area (Å²) in [5.74, 6) is 0. The average Bonchev–Trinajstić information content (AvgIpc) is 2.06. The van der Waals surface area contributed by atoms with Gasteiger partial charge < -0.3 is 21.7 Å². The second kappa shape index (κ2) is 11.4. The van der Waals surface area contributed by atoms with Crippen LogP contribution in [-0.2, 0) is 4.79 Å². The van der Waals surface area contributed by atoms with Crippen molar-refractivity contribution in [1.29, 1.82) is 0 Å². The van der Waals surface area contributed by atoms with Crippen LogP contribution in [0, 0.1) is 0 Å². The Kier molecular flexibility index (Phi) is 13.0. The predicted molar refractivity (Wildman–Crippen MR) is 55.3 cm³/mol. The van der Waals surface area contributed by atoms with Gasteiger partial charge in [0.2, 0.25) is 6.41 Å². The van der Waals surface area contributed by atoms with Crippen molar-refractivity contribution in [3.8, 4) is 0 Å². The van der Waals surface area contributed by atoms with E-state index < -0.39 is 0 Å². The summed E-state index contributed by atoms with van der Waals surface area (Å²) >= 11 is 0. The van der Waals surface area contributed by atoms with Crippen LogP contribution in [0.25, 0.3) is 0 Å². The van der Waals surface area contributed by atoms with E-state index in [1.807, 2.05) is 0 Å². The third-order valence-electron chi connectivity index (χ3n) is 1.64. The molecule has 13 heavy (non-hydrogen) atoms. The van der Waals surface area contributed by atoms with Gasteiger partial charge in [0.1, 0.15) is 0 Å². The van der Waals surface area contributed by atoms with Crippen molar-refractivity contribution in [2.45, 2.75) is 13.0 Å². The van der Waals surface area contributed by atoms with Crippen LogP contribution in [0.4, 0.5) is 0 Å². The minimum Gasteiger partial charge on any atom is -0.372 e. The zero-order valence-electron chi connectivity index (χ0n) is 8.79. The number of hydrogen-bond donors (Lipinski definition) is 3. The molecule has 0 aliphatic rings. The first kappa shape index (κ1) is 14.9. The number of primary amides is 1. The molecular formula is C8H22N4O. The quantitative estimate of drug-likeness (QED) is 0.367. The number of likely N-dealkylation sites (N-methyl/N-ethyl adjacent to an activating group) is 1. The molecule has 1 unspecified atom stereocenters. The van der Waals surface area contributed by atoms with E-state index >= 15 is 0 Å². The van der Waals surface area contributed by atoms with Crippen molar-refractivity contribution in [2.24, 2.45) is 11.5 Å². The SMILES string of the molecule is CC(CNCCN)N(C)C.NC=O. The van der Waals surface area contributed by atoms with E-state index in [0.29, 0.717) is 6.04 Å². The van der Waals surface area contributed by atoms with Crippen molar-refractivity contribution in [3.05, 3.63) is 0 Å². The van der Waals surface area contributed by atoms with Crippen LogP contribution in [0.15, 0.2) is 0 Å². The van der Waals surface area contributed by atoms with Crippen molar-refractivity contribution >= 4 is 6.41 Å². The summed E-state index contributed by atoms with van der Waals surface area (Å²) < 4.78 is 0. The van der Waals surface area contributed by atoms with Crippen LogP contribution in [0.2, 0.25) is 0 Å². The van der Waals surface area contributed by atoms with Gasteiger partial charge in [-0.05, 0) is 21.0 Å². The molecule has 0 spiro atoms. The van der Waals surface area contributed by atoms with Crippen molar-refractivity contribution in [3.63, 3.8) is 0 Å². The van der Waals surface area contributed by atoms with E-state index in [1.54, 1.807) is 0 Å². The lowest BCUT2D eigenvalue weighted by Gasteiger charge is -2.19. The largest absolute Gasteiger partial charge is 0.372 e. The lowest BCUT2D eigenvalue weighted by atomic mass is 10.3. The summed E-state index contributed by atoms with van der Waals surface area (Å²) in [5, 5.41) is 3.25. The van der Waals surface area contributed by atoms with Gasteiger partial charge in [0.05, 0.1) is 0 Å². The van der Waals surface area contributed by atoms with Gasteiger partial charge in [0.25, 0.3) is 0 Å². The molecule has 5 N–H and O–H groups in total. The molecule has 0 aromatic heterocycles. The summed E-state index contributed by atoms with van der Waals surface area (Å²) in [5.41, 5.74) is 9.48. The molecule has 1 atom stereocenters. The Morgan fingerprint density at radius 1 is 1.54 bits per heavy atom. The van der Waals surface area contributed by atoms with Gasteiger partial charge in [0, 0.05) is 25.7 Å². The Bertz CT molecular complexity index is 108. The maximum Gasteiger partial charge on any atom is 0.204 e. The lowest BCUT2D eigenvalue weighted by Crippen LogP contribution is -2.37. The highest BCUT2D eigenvalue weighted by atomic mass is 16.1. The molecule has 0 radical (unpaired) electrons. The molecule has 0 heterocycles. The average molecular weight is 190 g/mol. The van der Waals surface area contributed by atoms with Gasteiger partial charge in [-0.15, -0.1) is 0 Å². The van der Waals surface area contributed by atoms with Crippen molar-refractivity contribution in [1.82, 2.24) is 10.2 Å². The topological polar surface area (TPSA) is 84.4 Å². The summed E-state index contributed by atoms with van der Waals surface area (Å²) in [6, 6.07) is 0.589. The Balaban J connectivity index is 0. The number of amides is 1. The molecule has 5 nitrogen and oxygen atoms in total. The number of nitrogens with one attached hydrogen (secondary N) is 1. The second-order valence-corrected chi connectivity index (χ2v) is 2.94. The standard InChI is InChI=1S/C7H19N3.CH3NO/c1-7(10(2)3)6-9-5-4-8;2-1-3/h7,9H,4-6,8H2,1-3H3;1H,(H2,2,3). The molecule has 0 aromatic rings. The van der Waals surface area contributed by atoms with Crippen LogP contribution in [-0.4, -0.2) is 51.1 Å². The van der Waals surface area contributed by atoms with Gasteiger partial charge in [-0.2, -0.15) is 0 Å². The van der Waals surface area contributed by atoms with E-state index in [2.05, 4.69) is 37.0 Å². The van der Waals surface area contributed by atoms with Gasteiger partial charge in [-0.25, -0.2) is 0 Å². The third-order valence-corrected chi connectivity index (χ3v) is 1.64. The number of nitrogens with two attached hydrogens (primary N) is 2. The fourth-order valence-electron chi connectivity index (χ4n) is 0.596. The van der Waals surface area contributed by atoms with Gasteiger partial charge in [-0.3, -0.25) is 4.79 Å². The fourth-order valence-corrected chi connectivity index (χ4v) is 0.596. The number of rotatable bonds is 5.